The van der Waals surface area contributed by atoms with Crippen molar-refractivity contribution >= 4 is 11.8 Å². The molecule has 2 saturated heterocycles. The molecule has 2 amide bonds. The number of likely N-dealkylation sites (N-methyl/N-ethyl adjacent to an activating group) is 1. The first kappa shape index (κ1) is 35.9. The highest BCUT2D eigenvalue weighted by molar-refractivity contribution is 5.97. The Morgan fingerprint density at radius 3 is 2.12 bits per heavy atom. The van der Waals surface area contributed by atoms with E-state index in [2.05, 4.69) is 5.32 Å². The Morgan fingerprint density at radius 2 is 1.48 bits per heavy atom. The molecule has 50 heavy (non-hydrogen) atoms. The van der Waals surface area contributed by atoms with Gasteiger partial charge in [-0.15, -0.1) is 0 Å². The highest BCUT2D eigenvalue weighted by Gasteiger charge is 2.47. The van der Waals surface area contributed by atoms with Crippen molar-refractivity contribution in [2.24, 2.45) is 0 Å². The van der Waals surface area contributed by atoms with E-state index in [0.717, 1.165) is 36.1 Å². The Hall–Kier alpha value is -3.87. The number of alkyl halides is 5. The van der Waals surface area contributed by atoms with Gasteiger partial charge in [-0.25, -0.2) is 8.78 Å². The van der Waals surface area contributed by atoms with Gasteiger partial charge in [0.05, 0.1) is 17.0 Å². The molecule has 1 spiro atoms. The third kappa shape index (κ3) is 6.65. The van der Waals surface area contributed by atoms with Crippen molar-refractivity contribution in [1.82, 2.24) is 20.0 Å². The zero-order valence-corrected chi connectivity index (χ0v) is 28.6. The van der Waals surface area contributed by atoms with E-state index in [1.54, 1.807) is 7.05 Å². The topological polar surface area (TPSA) is 76.1 Å². The van der Waals surface area contributed by atoms with Gasteiger partial charge in [-0.2, -0.15) is 13.2 Å². The van der Waals surface area contributed by atoms with Crippen molar-refractivity contribution in [2.75, 3.05) is 39.8 Å². The molecule has 2 fully saturated rings. The van der Waals surface area contributed by atoms with E-state index in [-0.39, 0.29) is 29.3 Å². The molecular weight excluding hydrogens is 655 g/mol. The largest absolute Gasteiger partial charge is 0.416 e. The lowest BCUT2D eigenvalue weighted by Crippen LogP contribution is -2.57. The minimum Gasteiger partial charge on any atom is -0.365 e. The van der Waals surface area contributed by atoms with Gasteiger partial charge >= 0.3 is 6.18 Å². The van der Waals surface area contributed by atoms with Crippen LogP contribution in [0.3, 0.4) is 0 Å². The van der Waals surface area contributed by atoms with Crippen LogP contribution in [0.5, 0.6) is 0 Å². The summed E-state index contributed by atoms with van der Waals surface area (Å²) in [5.41, 5.74) is -1.39. The fourth-order valence-corrected chi connectivity index (χ4v) is 7.99. The number of halogens is 5. The van der Waals surface area contributed by atoms with Crippen molar-refractivity contribution in [3.05, 3.63) is 106 Å². The first-order valence-electron chi connectivity index (χ1n) is 16.9. The van der Waals surface area contributed by atoms with Crippen LogP contribution >= 0.6 is 0 Å². The van der Waals surface area contributed by atoms with Gasteiger partial charge in [0.25, 0.3) is 11.8 Å². The molecule has 7 nitrogen and oxygen atoms in total. The van der Waals surface area contributed by atoms with E-state index in [0.29, 0.717) is 44.7 Å². The predicted molar refractivity (Wildman–Crippen MR) is 179 cm³/mol. The number of likely N-dealkylation sites (tertiary alicyclic amines) is 2. The minimum absolute atomic E-state index is 0.0811. The fourth-order valence-electron chi connectivity index (χ4n) is 7.99. The van der Waals surface area contributed by atoms with E-state index < -0.39 is 46.9 Å². The fraction of sp³-hybridized carbons (Fsp3) is 0.474. The molecule has 0 aromatic heterocycles. The average Bonchev–Trinajstić information content (AvgIpc) is 3.54. The molecule has 3 atom stereocenters. The standard InChI is InChI=1S/C38H43F5N4O3/c1-35(2,25-18-26(36(3,39)40)20-27(19-25)38(41,42)43)33(49)45(4)31-22-47(21-29(31)24-10-6-5-7-11-24)34(50)46-16-14-37(15-17-46)23-44-32(48)28-12-8-9-13-30(28)37/h5-13,18-20,29,31,34,50H,14-17,21-23H2,1-4H3,(H,44,48)/t29-,31+,34?/m0/s1. The van der Waals surface area contributed by atoms with Crippen LogP contribution in [0.4, 0.5) is 22.0 Å². The lowest BCUT2D eigenvalue weighted by atomic mass is 9.69. The van der Waals surface area contributed by atoms with Gasteiger partial charge in [-0.05, 0) is 67.6 Å². The first-order chi connectivity index (χ1) is 23.4. The van der Waals surface area contributed by atoms with Crippen molar-refractivity contribution < 1.29 is 36.6 Å². The van der Waals surface area contributed by atoms with Crippen LogP contribution in [0.1, 0.15) is 77.7 Å². The number of aliphatic hydroxyl groups is 1. The Labute approximate surface area is 289 Å². The zero-order chi connectivity index (χ0) is 36.2. The molecule has 3 aliphatic rings. The van der Waals surface area contributed by atoms with Crippen LogP contribution in [0.15, 0.2) is 72.8 Å². The number of fused-ring (bicyclic) bond motifs is 2. The zero-order valence-electron chi connectivity index (χ0n) is 28.6. The molecule has 1 unspecified atom stereocenters. The summed E-state index contributed by atoms with van der Waals surface area (Å²) in [7, 11) is 1.59. The molecule has 6 rings (SSSR count). The number of nitrogens with one attached hydrogen (secondary N) is 1. The second-order valence-electron chi connectivity index (χ2n) is 14.7. The number of hydrogen-bond acceptors (Lipinski definition) is 5. The second kappa shape index (κ2) is 13.0. The number of piperidine rings is 1. The molecule has 0 aliphatic carbocycles. The maximum atomic E-state index is 14.4. The molecule has 3 aromatic carbocycles. The monoisotopic (exact) mass is 698 g/mol. The lowest BCUT2D eigenvalue weighted by Gasteiger charge is -2.47. The summed E-state index contributed by atoms with van der Waals surface area (Å²) in [4.78, 5) is 32.2. The smallest absolute Gasteiger partial charge is 0.365 e. The van der Waals surface area contributed by atoms with E-state index in [9.17, 15) is 36.6 Å². The maximum absolute atomic E-state index is 14.4. The number of amides is 2. The Bertz CT molecular complexity index is 1700. The van der Waals surface area contributed by atoms with Gasteiger partial charge in [-0.3, -0.25) is 19.4 Å². The van der Waals surface area contributed by atoms with Crippen LogP contribution in [0.25, 0.3) is 0 Å². The average molecular weight is 699 g/mol. The lowest BCUT2D eigenvalue weighted by molar-refractivity contribution is -0.140. The highest BCUT2D eigenvalue weighted by atomic mass is 19.4. The van der Waals surface area contributed by atoms with Crippen LogP contribution in [0.2, 0.25) is 0 Å². The normalized spacial score (nSPS) is 22.2. The molecular formula is C38H43F5N4O3. The maximum Gasteiger partial charge on any atom is 0.416 e. The quantitative estimate of drug-likeness (QED) is 0.293. The van der Waals surface area contributed by atoms with Crippen molar-refractivity contribution in [3.63, 3.8) is 0 Å². The molecule has 0 radical (unpaired) electrons. The van der Waals surface area contributed by atoms with Crippen LogP contribution in [-0.4, -0.2) is 83.8 Å². The first-order valence-corrected chi connectivity index (χ1v) is 16.9. The Kier molecular flexibility index (Phi) is 9.37. The number of aliphatic hydroxyl groups excluding tert-OH is 1. The predicted octanol–water partition coefficient (Wildman–Crippen LogP) is 6.07. The number of carbonyl (C=O) groups excluding carboxylic acids is 2. The van der Waals surface area contributed by atoms with Crippen LogP contribution in [0, 0.1) is 0 Å². The number of hydrogen-bond donors (Lipinski definition) is 2. The van der Waals surface area contributed by atoms with E-state index >= 15 is 0 Å². The number of benzene rings is 3. The summed E-state index contributed by atoms with van der Waals surface area (Å²) in [6.07, 6.45) is -4.40. The molecule has 0 bridgehead atoms. The van der Waals surface area contributed by atoms with E-state index in [1.165, 1.54) is 18.7 Å². The summed E-state index contributed by atoms with van der Waals surface area (Å²) < 4.78 is 70.3. The number of nitrogens with zero attached hydrogens (tertiary/aromatic N) is 3. The molecule has 3 aromatic rings. The molecule has 2 N–H and O–H groups in total. The van der Waals surface area contributed by atoms with Gasteiger partial charge in [0.15, 0.2) is 6.35 Å². The number of rotatable bonds is 7. The van der Waals surface area contributed by atoms with Crippen LogP contribution in [-0.2, 0) is 27.7 Å². The molecule has 0 saturated carbocycles. The Morgan fingerprint density at radius 1 is 0.880 bits per heavy atom. The molecule has 3 heterocycles. The van der Waals surface area contributed by atoms with Gasteiger partial charge in [0.1, 0.15) is 0 Å². The second-order valence-corrected chi connectivity index (χ2v) is 14.7. The van der Waals surface area contributed by atoms with Crippen molar-refractivity contribution in [3.8, 4) is 0 Å². The van der Waals surface area contributed by atoms with Gasteiger partial charge in [0, 0.05) is 69.2 Å². The molecule has 268 valence electrons. The number of carbonyl (C=O) groups is 2. The minimum atomic E-state index is -4.88. The van der Waals surface area contributed by atoms with E-state index in [4.69, 9.17) is 0 Å². The summed E-state index contributed by atoms with van der Waals surface area (Å²) in [5, 5.41) is 14.8. The van der Waals surface area contributed by atoms with Crippen LogP contribution < -0.4 is 5.32 Å². The summed E-state index contributed by atoms with van der Waals surface area (Å²) in [6, 6.07) is 18.9. The molecule has 12 heteroatoms. The third-order valence-electron chi connectivity index (χ3n) is 11.1. The highest BCUT2D eigenvalue weighted by Crippen LogP contribution is 2.42. The summed E-state index contributed by atoms with van der Waals surface area (Å²) in [6.45, 7) is 5.80. The third-order valence-corrected chi connectivity index (χ3v) is 11.1. The molecule has 3 aliphatic heterocycles. The van der Waals surface area contributed by atoms with Gasteiger partial charge < -0.3 is 15.3 Å². The van der Waals surface area contributed by atoms with Gasteiger partial charge in [0.2, 0.25) is 5.91 Å². The summed E-state index contributed by atoms with van der Waals surface area (Å²) in [5.74, 6) is -4.40. The Balaban J connectivity index is 1.24. The van der Waals surface area contributed by atoms with Crippen molar-refractivity contribution in [2.45, 2.75) is 74.9 Å². The SMILES string of the molecule is CN(C(=O)C(C)(C)c1cc(C(C)(F)F)cc(C(F)(F)F)c1)[C@@H]1CN(C(O)N2CCC3(CC2)CNC(=O)c2ccccc23)C[C@H]1c1ccccc1. The summed E-state index contributed by atoms with van der Waals surface area (Å²) >= 11 is 0. The van der Waals surface area contributed by atoms with Gasteiger partial charge in [-0.1, -0.05) is 48.5 Å². The van der Waals surface area contributed by atoms with Crippen molar-refractivity contribution in [1.29, 1.82) is 0 Å². The van der Waals surface area contributed by atoms with E-state index in [1.807, 2.05) is 64.4 Å².